The maximum absolute atomic E-state index is 12.3. The summed E-state index contributed by atoms with van der Waals surface area (Å²) >= 11 is 5.99. The summed E-state index contributed by atoms with van der Waals surface area (Å²) in [6, 6.07) is 10.7. The minimum atomic E-state index is -3.81. The molecular weight excluding hydrogens is 372 g/mol. The van der Waals surface area contributed by atoms with Gasteiger partial charge >= 0.3 is 0 Å². The molecule has 0 aliphatic rings. The van der Waals surface area contributed by atoms with Crippen molar-refractivity contribution < 1.29 is 16.8 Å². The van der Waals surface area contributed by atoms with Gasteiger partial charge in [0.05, 0.1) is 9.92 Å². The standard InChI is InChI=1S/C15H17ClN2O4S2/c1-11-6-7-15(14(16)8-11)24(21,22)18-10-12-4-3-5-13(9-12)23(19,20)17-2/h3-9,17-18H,10H2,1-2H3. The molecule has 0 spiro atoms. The Morgan fingerprint density at radius 3 is 2.33 bits per heavy atom. The van der Waals surface area contributed by atoms with Gasteiger partial charge in [0.1, 0.15) is 4.90 Å². The molecule has 0 aliphatic heterocycles. The zero-order valence-electron chi connectivity index (χ0n) is 13.1. The summed E-state index contributed by atoms with van der Waals surface area (Å²) in [7, 11) is -6.08. The Morgan fingerprint density at radius 2 is 1.71 bits per heavy atom. The van der Waals surface area contributed by atoms with Crippen LogP contribution in [0.3, 0.4) is 0 Å². The molecule has 0 aromatic heterocycles. The van der Waals surface area contributed by atoms with Crippen molar-refractivity contribution in [1.82, 2.24) is 9.44 Å². The van der Waals surface area contributed by atoms with Crippen molar-refractivity contribution in [2.24, 2.45) is 0 Å². The van der Waals surface area contributed by atoms with E-state index in [4.69, 9.17) is 11.6 Å². The molecule has 0 atom stereocenters. The summed E-state index contributed by atoms with van der Waals surface area (Å²) in [5.41, 5.74) is 1.36. The Bertz CT molecular complexity index is 957. The lowest BCUT2D eigenvalue weighted by molar-refractivity contribution is 0.581. The molecular formula is C15H17ClN2O4S2. The monoisotopic (exact) mass is 388 g/mol. The van der Waals surface area contributed by atoms with Crippen molar-refractivity contribution in [1.29, 1.82) is 0 Å². The highest BCUT2D eigenvalue weighted by atomic mass is 35.5. The van der Waals surface area contributed by atoms with E-state index in [0.29, 0.717) is 5.56 Å². The molecule has 130 valence electrons. The molecule has 0 heterocycles. The van der Waals surface area contributed by atoms with E-state index >= 15 is 0 Å². The third kappa shape index (κ3) is 4.34. The third-order valence-electron chi connectivity index (χ3n) is 3.32. The summed E-state index contributed by atoms with van der Waals surface area (Å²) in [6.45, 7) is 1.75. The number of rotatable bonds is 6. The Labute approximate surface area is 147 Å². The molecule has 2 rings (SSSR count). The Kier molecular flexibility index (Phi) is 5.67. The SMILES string of the molecule is CNS(=O)(=O)c1cccc(CNS(=O)(=O)c2ccc(C)cc2Cl)c1. The summed E-state index contributed by atoms with van der Waals surface area (Å²) in [6.07, 6.45) is 0. The predicted molar refractivity (Wildman–Crippen MR) is 92.9 cm³/mol. The lowest BCUT2D eigenvalue weighted by atomic mass is 10.2. The van der Waals surface area contributed by atoms with Crippen LogP contribution in [0.2, 0.25) is 5.02 Å². The number of hydrogen-bond acceptors (Lipinski definition) is 4. The van der Waals surface area contributed by atoms with E-state index in [2.05, 4.69) is 9.44 Å². The summed E-state index contributed by atoms with van der Waals surface area (Å²) in [5.74, 6) is 0. The minimum absolute atomic E-state index is 0.0197. The van der Waals surface area contributed by atoms with Gasteiger partial charge in [0.15, 0.2) is 0 Å². The molecule has 0 fully saturated rings. The number of halogens is 1. The maximum atomic E-state index is 12.3. The highest BCUT2D eigenvalue weighted by Crippen LogP contribution is 2.22. The smallest absolute Gasteiger partial charge is 0.214 e. The van der Waals surface area contributed by atoms with Gasteiger partial charge in [-0.1, -0.05) is 29.8 Å². The van der Waals surface area contributed by atoms with Crippen LogP contribution in [0.1, 0.15) is 11.1 Å². The molecule has 9 heteroatoms. The summed E-state index contributed by atoms with van der Waals surface area (Å²) in [4.78, 5) is 0.0452. The maximum Gasteiger partial charge on any atom is 0.242 e. The van der Waals surface area contributed by atoms with Gasteiger partial charge in [0.25, 0.3) is 0 Å². The third-order valence-corrected chi connectivity index (χ3v) is 6.62. The predicted octanol–water partition coefficient (Wildman–Crippen LogP) is 2.04. The first-order valence-electron chi connectivity index (χ1n) is 6.94. The van der Waals surface area contributed by atoms with Gasteiger partial charge in [-0.15, -0.1) is 0 Å². The molecule has 0 saturated heterocycles. The number of sulfonamides is 2. The van der Waals surface area contributed by atoms with Crippen LogP contribution in [-0.2, 0) is 26.6 Å². The van der Waals surface area contributed by atoms with E-state index in [1.165, 1.54) is 25.2 Å². The van der Waals surface area contributed by atoms with Crippen LogP contribution in [0.5, 0.6) is 0 Å². The highest BCUT2D eigenvalue weighted by molar-refractivity contribution is 7.89. The van der Waals surface area contributed by atoms with Crippen LogP contribution in [-0.4, -0.2) is 23.9 Å². The molecule has 2 N–H and O–H groups in total. The molecule has 24 heavy (non-hydrogen) atoms. The molecule has 0 radical (unpaired) electrons. The van der Waals surface area contributed by atoms with Gasteiger partial charge in [-0.25, -0.2) is 26.3 Å². The van der Waals surface area contributed by atoms with Crippen LogP contribution in [0.25, 0.3) is 0 Å². The first-order valence-corrected chi connectivity index (χ1v) is 10.3. The van der Waals surface area contributed by atoms with E-state index in [9.17, 15) is 16.8 Å². The number of aryl methyl sites for hydroxylation is 1. The van der Waals surface area contributed by atoms with E-state index in [0.717, 1.165) is 5.56 Å². The minimum Gasteiger partial charge on any atom is -0.214 e. The lowest BCUT2D eigenvalue weighted by Crippen LogP contribution is -2.24. The first-order chi connectivity index (χ1) is 11.2. The quantitative estimate of drug-likeness (QED) is 0.791. The molecule has 0 aliphatic carbocycles. The van der Waals surface area contributed by atoms with Crippen molar-refractivity contribution in [2.45, 2.75) is 23.3 Å². The second kappa shape index (κ2) is 7.20. The second-order valence-corrected chi connectivity index (χ2v) is 9.14. The number of benzene rings is 2. The number of hydrogen-bond donors (Lipinski definition) is 2. The first kappa shape index (κ1) is 18.9. The van der Waals surface area contributed by atoms with Gasteiger partial charge in [0.2, 0.25) is 20.0 Å². The van der Waals surface area contributed by atoms with Gasteiger partial charge in [-0.3, -0.25) is 0 Å². The highest BCUT2D eigenvalue weighted by Gasteiger charge is 2.18. The van der Waals surface area contributed by atoms with Crippen LogP contribution >= 0.6 is 11.6 Å². The largest absolute Gasteiger partial charge is 0.242 e. The molecule has 0 unspecified atom stereocenters. The molecule has 2 aromatic carbocycles. The lowest BCUT2D eigenvalue weighted by Gasteiger charge is -2.10. The molecule has 0 amide bonds. The van der Waals surface area contributed by atoms with Gasteiger partial charge in [-0.05, 0) is 49.4 Å². The van der Waals surface area contributed by atoms with E-state index in [-0.39, 0.29) is 21.4 Å². The fraction of sp³-hybridized carbons (Fsp3) is 0.200. The fourth-order valence-corrected chi connectivity index (χ4v) is 4.44. The van der Waals surface area contributed by atoms with Crippen LogP contribution in [0.4, 0.5) is 0 Å². The summed E-state index contributed by atoms with van der Waals surface area (Å²) in [5, 5.41) is 0.133. The van der Waals surface area contributed by atoms with Crippen molar-refractivity contribution in [3.05, 3.63) is 58.6 Å². The van der Waals surface area contributed by atoms with Gasteiger partial charge < -0.3 is 0 Å². The zero-order valence-corrected chi connectivity index (χ0v) is 15.5. The average molecular weight is 389 g/mol. The Hall–Kier alpha value is -1.45. The molecule has 6 nitrogen and oxygen atoms in total. The van der Waals surface area contributed by atoms with E-state index in [1.807, 2.05) is 6.92 Å². The summed E-state index contributed by atoms with van der Waals surface area (Å²) < 4.78 is 52.9. The molecule has 0 saturated carbocycles. The molecule has 0 bridgehead atoms. The average Bonchev–Trinajstić information content (AvgIpc) is 2.53. The van der Waals surface area contributed by atoms with Gasteiger partial charge in [-0.2, -0.15) is 0 Å². The van der Waals surface area contributed by atoms with Crippen molar-refractivity contribution in [2.75, 3.05) is 7.05 Å². The number of nitrogens with one attached hydrogen (secondary N) is 2. The molecule has 2 aromatic rings. The van der Waals surface area contributed by atoms with Crippen LogP contribution < -0.4 is 9.44 Å². The van der Waals surface area contributed by atoms with Crippen molar-refractivity contribution in [3.63, 3.8) is 0 Å². The Morgan fingerprint density at radius 1 is 1.00 bits per heavy atom. The Balaban J connectivity index is 2.23. The van der Waals surface area contributed by atoms with Crippen molar-refractivity contribution >= 4 is 31.6 Å². The van der Waals surface area contributed by atoms with E-state index < -0.39 is 20.0 Å². The second-order valence-electron chi connectivity index (χ2n) is 5.11. The topological polar surface area (TPSA) is 92.3 Å². The van der Waals surface area contributed by atoms with Crippen molar-refractivity contribution in [3.8, 4) is 0 Å². The fourth-order valence-electron chi connectivity index (χ4n) is 2.02. The van der Waals surface area contributed by atoms with Crippen LogP contribution in [0, 0.1) is 6.92 Å². The zero-order chi connectivity index (χ0) is 18.0. The normalized spacial score (nSPS) is 12.3. The van der Waals surface area contributed by atoms with E-state index in [1.54, 1.807) is 24.3 Å². The van der Waals surface area contributed by atoms with Gasteiger partial charge in [0, 0.05) is 6.54 Å². The van der Waals surface area contributed by atoms with Crippen LogP contribution in [0.15, 0.2) is 52.3 Å².